The first-order chi connectivity index (χ1) is 9.51. The van der Waals surface area contributed by atoms with Crippen LogP contribution in [0.3, 0.4) is 0 Å². The second kappa shape index (κ2) is 5.41. The van der Waals surface area contributed by atoms with Gasteiger partial charge in [0, 0.05) is 24.8 Å². The fourth-order valence-electron chi connectivity index (χ4n) is 2.19. The van der Waals surface area contributed by atoms with Gasteiger partial charge in [-0.25, -0.2) is 9.48 Å². The maximum atomic E-state index is 11.9. The third-order valence-corrected chi connectivity index (χ3v) is 3.20. The molecule has 2 aromatic rings. The Morgan fingerprint density at radius 3 is 2.60 bits per heavy atom. The van der Waals surface area contributed by atoms with Gasteiger partial charge in [-0.05, 0) is 13.8 Å². The molecular formula is C12H18N6O2. The Morgan fingerprint density at radius 1 is 1.40 bits per heavy atom. The van der Waals surface area contributed by atoms with Gasteiger partial charge in [-0.3, -0.25) is 4.68 Å². The van der Waals surface area contributed by atoms with Crippen molar-refractivity contribution in [1.82, 2.24) is 24.8 Å². The first-order valence-electron chi connectivity index (χ1n) is 6.23. The second-order valence-electron chi connectivity index (χ2n) is 4.46. The van der Waals surface area contributed by atoms with Crippen molar-refractivity contribution in [3.8, 4) is 11.3 Å². The lowest BCUT2D eigenvalue weighted by Gasteiger charge is -2.07. The molecule has 2 N–H and O–H groups in total. The minimum atomic E-state index is -0.522. The molecule has 0 aromatic carbocycles. The standard InChI is InChI=1S/C12H18N6O2/c1-7-9(8(2)17(3)15-7)11-10(12(19)20-4)14-16-18(11)6-5-13/h5-6,13H2,1-4H3. The lowest BCUT2D eigenvalue weighted by atomic mass is 10.1. The summed E-state index contributed by atoms with van der Waals surface area (Å²) in [6.07, 6.45) is 0. The highest BCUT2D eigenvalue weighted by atomic mass is 16.5. The van der Waals surface area contributed by atoms with Crippen molar-refractivity contribution in [1.29, 1.82) is 0 Å². The maximum absolute atomic E-state index is 11.9. The van der Waals surface area contributed by atoms with E-state index in [0.717, 1.165) is 17.0 Å². The summed E-state index contributed by atoms with van der Waals surface area (Å²) in [5.41, 5.74) is 8.93. The van der Waals surface area contributed by atoms with Gasteiger partial charge in [0.2, 0.25) is 0 Å². The largest absolute Gasteiger partial charge is 0.464 e. The molecule has 0 atom stereocenters. The normalized spacial score (nSPS) is 10.8. The monoisotopic (exact) mass is 278 g/mol. The van der Waals surface area contributed by atoms with E-state index in [9.17, 15) is 4.79 Å². The van der Waals surface area contributed by atoms with Gasteiger partial charge < -0.3 is 10.5 Å². The Balaban J connectivity index is 2.69. The van der Waals surface area contributed by atoms with Crippen LogP contribution in [0.2, 0.25) is 0 Å². The van der Waals surface area contributed by atoms with E-state index < -0.39 is 5.97 Å². The molecular weight excluding hydrogens is 260 g/mol. The zero-order valence-electron chi connectivity index (χ0n) is 12.0. The molecule has 2 rings (SSSR count). The number of rotatable bonds is 4. The van der Waals surface area contributed by atoms with Crippen LogP contribution in [0.1, 0.15) is 21.9 Å². The highest BCUT2D eigenvalue weighted by Gasteiger charge is 2.26. The van der Waals surface area contributed by atoms with E-state index in [2.05, 4.69) is 15.4 Å². The molecule has 0 saturated carbocycles. The molecule has 0 aliphatic rings. The summed E-state index contributed by atoms with van der Waals surface area (Å²) in [5, 5.41) is 12.3. The molecule has 0 spiro atoms. The molecule has 0 unspecified atom stereocenters. The lowest BCUT2D eigenvalue weighted by molar-refractivity contribution is 0.0595. The molecule has 0 bridgehead atoms. The number of carbonyl (C=O) groups is 1. The Labute approximate surface area is 116 Å². The Kier molecular flexibility index (Phi) is 3.84. The van der Waals surface area contributed by atoms with Crippen LogP contribution in [0.25, 0.3) is 11.3 Å². The third kappa shape index (κ3) is 2.18. The van der Waals surface area contributed by atoms with E-state index in [1.54, 1.807) is 9.36 Å². The molecule has 0 saturated heterocycles. The summed E-state index contributed by atoms with van der Waals surface area (Å²) in [6.45, 7) is 4.67. The van der Waals surface area contributed by atoms with Gasteiger partial charge in [0.05, 0.1) is 19.3 Å². The first-order valence-corrected chi connectivity index (χ1v) is 6.23. The van der Waals surface area contributed by atoms with Crippen LogP contribution in [0.4, 0.5) is 0 Å². The lowest BCUT2D eigenvalue weighted by Crippen LogP contribution is -2.13. The molecule has 2 aromatic heterocycles. The second-order valence-corrected chi connectivity index (χ2v) is 4.46. The average Bonchev–Trinajstić information content (AvgIpc) is 2.92. The zero-order valence-corrected chi connectivity index (χ0v) is 12.0. The molecule has 2 heterocycles. The van der Waals surface area contributed by atoms with Crippen molar-refractivity contribution in [2.24, 2.45) is 12.8 Å². The summed E-state index contributed by atoms with van der Waals surface area (Å²) in [6, 6.07) is 0. The van der Waals surface area contributed by atoms with Gasteiger partial charge in [-0.15, -0.1) is 5.10 Å². The van der Waals surface area contributed by atoms with Crippen LogP contribution in [0, 0.1) is 13.8 Å². The SMILES string of the molecule is COC(=O)c1nnn(CCN)c1-c1c(C)nn(C)c1C. The Hall–Kier alpha value is -2.22. The van der Waals surface area contributed by atoms with Gasteiger partial charge in [0.1, 0.15) is 5.69 Å². The van der Waals surface area contributed by atoms with Crippen molar-refractivity contribution in [3.05, 3.63) is 17.1 Å². The van der Waals surface area contributed by atoms with E-state index in [0.29, 0.717) is 18.8 Å². The Bertz CT molecular complexity index is 643. The predicted octanol–water partition coefficient (Wildman–Crippen LogP) is 0.0407. The quantitative estimate of drug-likeness (QED) is 0.792. The third-order valence-electron chi connectivity index (χ3n) is 3.20. The van der Waals surface area contributed by atoms with E-state index in [-0.39, 0.29) is 5.69 Å². The molecule has 108 valence electrons. The minimum absolute atomic E-state index is 0.181. The fraction of sp³-hybridized carbons (Fsp3) is 0.500. The molecule has 0 aliphatic carbocycles. The highest BCUT2D eigenvalue weighted by molar-refractivity contribution is 5.94. The molecule has 8 heteroatoms. The van der Waals surface area contributed by atoms with Crippen LogP contribution in [0.15, 0.2) is 0 Å². The number of esters is 1. The summed E-state index contributed by atoms with van der Waals surface area (Å²) < 4.78 is 8.13. The zero-order chi connectivity index (χ0) is 14.9. The highest BCUT2D eigenvalue weighted by Crippen LogP contribution is 2.28. The number of aryl methyl sites for hydroxylation is 2. The number of carbonyl (C=O) groups excluding carboxylic acids is 1. The van der Waals surface area contributed by atoms with Crippen LogP contribution in [-0.2, 0) is 18.3 Å². The molecule has 0 aliphatic heterocycles. The number of nitrogens with two attached hydrogens (primary N) is 1. The molecule has 0 radical (unpaired) electrons. The van der Waals surface area contributed by atoms with Gasteiger partial charge in [0.25, 0.3) is 0 Å². The maximum Gasteiger partial charge on any atom is 0.360 e. The summed E-state index contributed by atoms with van der Waals surface area (Å²) in [4.78, 5) is 11.9. The van der Waals surface area contributed by atoms with E-state index in [4.69, 9.17) is 10.5 Å². The van der Waals surface area contributed by atoms with Gasteiger partial charge in [-0.2, -0.15) is 5.10 Å². The number of methoxy groups -OCH3 is 1. The molecule has 20 heavy (non-hydrogen) atoms. The number of ether oxygens (including phenoxy) is 1. The van der Waals surface area contributed by atoms with Crippen molar-refractivity contribution < 1.29 is 9.53 Å². The van der Waals surface area contributed by atoms with Crippen molar-refractivity contribution in [3.63, 3.8) is 0 Å². The smallest absolute Gasteiger partial charge is 0.360 e. The molecule has 8 nitrogen and oxygen atoms in total. The van der Waals surface area contributed by atoms with Gasteiger partial charge in [0.15, 0.2) is 5.69 Å². The topological polar surface area (TPSA) is 101 Å². The van der Waals surface area contributed by atoms with Gasteiger partial charge in [-0.1, -0.05) is 5.21 Å². The van der Waals surface area contributed by atoms with Crippen molar-refractivity contribution in [2.75, 3.05) is 13.7 Å². The summed E-state index contributed by atoms with van der Waals surface area (Å²) in [5.74, 6) is -0.522. The van der Waals surface area contributed by atoms with Crippen LogP contribution < -0.4 is 5.73 Å². The van der Waals surface area contributed by atoms with Crippen molar-refractivity contribution >= 4 is 5.97 Å². The summed E-state index contributed by atoms with van der Waals surface area (Å²) in [7, 11) is 3.16. The number of aromatic nitrogens is 5. The summed E-state index contributed by atoms with van der Waals surface area (Å²) >= 11 is 0. The van der Waals surface area contributed by atoms with Gasteiger partial charge >= 0.3 is 5.97 Å². The Morgan fingerprint density at radius 2 is 2.10 bits per heavy atom. The first kappa shape index (κ1) is 14.2. The predicted molar refractivity (Wildman–Crippen MR) is 72.1 cm³/mol. The number of hydrogen-bond donors (Lipinski definition) is 1. The fourth-order valence-corrected chi connectivity index (χ4v) is 2.19. The van der Waals surface area contributed by atoms with Crippen LogP contribution >= 0.6 is 0 Å². The number of nitrogens with zero attached hydrogens (tertiary/aromatic N) is 5. The molecule has 0 amide bonds. The van der Waals surface area contributed by atoms with E-state index >= 15 is 0 Å². The number of hydrogen-bond acceptors (Lipinski definition) is 6. The van der Waals surface area contributed by atoms with E-state index in [1.807, 2.05) is 20.9 Å². The van der Waals surface area contributed by atoms with E-state index in [1.165, 1.54) is 7.11 Å². The van der Waals surface area contributed by atoms with Crippen LogP contribution in [-0.4, -0.2) is 44.4 Å². The minimum Gasteiger partial charge on any atom is -0.464 e. The average molecular weight is 278 g/mol. The van der Waals surface area contributed by atoms with Crippen LogP contribution in [0.5, 0.6) is 0 Å². The van der Waals surface area contributed by atoms with Crippen molar-refractivity contribution in [2.45, 2.75) is 20.4 Å². The molecule has 0 fully saturated rings.